The van der Waals surface area contributed by atoms with Crippen molar-refractivity contribution in [3.05, 3.63) is 22.9 Å². The molecule has 1 aromatic heterocycles. The number of carbonyl (C=O) groups is 5. The summed E-state index contributed by atoms with van der Waals surface area (Å²) in [4.78, 5) is 67.5. The Labute approximate surface area is 241 Å². The lowest BCUT2D eigenvalue weighted by atomic mass is 10.0. The standard InChI is InChI=1S/C13H17N5O8S2.C8H9NO5/c1-5-7(10(20)18(5)28(23,24)25)16-9(19)8(6-4-27-12(14)15-6)17-26-13(2,3)11(21)22;10-2-1-4-7(8(12)13)9-5(11)3-6(9)14-4/h4-5,7H,1-3H3,(H2,14,15)(H,16,19)(H,21,22)(H,23,24,25);1,6-7,10H,2-3H2,(H,12,13)/b17-8-;4-1-/t5-,7-;6-,7-/m01/s1. The largest absolute Gasteiger partial charge is 0.479 e. The first-order valence-electron chi connectivity index (χ1n) is 11.7. The van der Waals surface area contributed by atoms with Crippen LogP contribution in [0.1, 0.15) is 32.9 Å². The monoisotopic (exact) mass is 634 g/mol. The molecule has 3 amide bonds. The fraction of sp³-hybridized carbons (Fsp3) is 0.476. The lowest BCUT2D eigenvalue weighted by Crippen LogP contribution is -2.71. The number of nitrogens with one attached hydrogen (secondary N) is 1. The maximum Gasteiger partial charge on any atom is 0.362 e. The van der Waals surface area contributed by atoms with Crippen LogP contribution in [0.2, 0.25) is 0 Å². The quantitative estimate of drug-likeness (QED) is 0.0722. The minimum absolute atomic E-state index is 0.0350. The van der Waals surface area contributed by atoms with Gasteiger partial charge in [-0.1, -0.05) is 5.16 Å². The number of hydrogen-bond donors (Lipinski definition) is 6. The van der Waals surface area contributed by atoms with Crippen molar-refractivity contribution in [2.75, 3.05) is 12.3 Å². The zero-order valence-electron chi connectivity index (χ0n) is 22.0. The van der Waals surface area contributed by atoms with Crippen molar-refractivity contribution in [1.82, 2.24) is 19.5 Å². The molecule has 0 radical (unpaired) electrons. The Kier molecular flexibility index (Phi) is 9.10. The van der Waals surface area contributed by atoms with Crippen molar-refractivity contribution in [3.63, 3.8) is 0 Å². The third kappa shape index (κ3) is 6.42. The Bertz CT molecular complexity index is 1470. The lowest BCUT2D eigenvalue weighted by Gasteiger charge is -2.42. The van der Waals surface area contributed by atoms with Gasteiger partial charge in [-0.3, -0.25) is 23.8 Å². The maximum absolute atomic E-state index is 12.6. The number of aliphatic hydroxyl groups is 1. The number of oxime groups is 1. The molecule has 21 heteroatoms. The van der Waals surface area contributed by atoms with Crippen LogP contribution in [0.3, 0.4) is 0 Å². The van der Waals surface area contributed by atoms with E-state index in [1.807, 2.05) is 0 Å². The van der Waals surface area contributed by atoms with E-state index in [4.69, 9.17) is 35.2 Å². The van der Waals surface area contributed by atoms with E-state index in [1.54, 1.807) is 0 Å². The molecule has 0 spiro atoms. The zero-order valence-corrected chi connectivity index (χ0v) is 23.7. The van der Waals surface area contributed by atoms with Crippen molar-refractivity contribution in [2.45, 2.75) is 57.1 Å². The summed E-state index contributed by atoms with van der Waals surface area (Å²) in [5, 5.41) is 33.8. The van der Waals surface area contributed by atoms with Crippen LogP contribution in [-0.4, -0.2) is 114 Å². The average Bonchev–Trinajstić information content (AvgIpc) is 3.42. The Morgan fingerprint density at radius 1 is 1.33 bits per heavy atom. The molecule has 0 bridgehead atoms. The minimum Gasteiger partial charge on any atom is -0.479 e. The highest BCUT2D eigenvalue weighted by Gasteiger charge is 2.54. The second-order valence-corrected chi connectivity index (χ2v) is 11.5. The predicted octanol–water partition coefficient (Wildman–Crippen LogP) is -2.27. The first-order chi connectivity index (χ1) is 19.4. The Morgan fingerprint density at radius 3 is 2.43 bits per heavy atom. The van der Waals surface area contributed by atoms with Gasteiger partial charge in [0, 0.05) is 5.38 Å². The van der Waals surface area contributed by atoms with Crippen LogP contribution in [-0.2, 0) is 43.9 Å². The summed E-state index contributed by atoms with van der Waals surface area (Å²) in [6.45, 7) is 3.40. The molecule has 4 atom stereocenters. The fourth-order valence-electron chi connectivity index (χ4n) is 3.77. The van der Waals surface area contributed by atoms with Crippen LogP contribution >= 0.6 is 11.3 Å². The summed E-state index contributed by atoms with van der Waals surface area (Å²) in [7, 11) is -4.76. The van der Waals surface area contributed by atoms with E-state index >= 15 is 0 Å². The van der Waals surface area contributed by atoms with Crippen molar-refractivity contribution in [1.29, 1.82) is 0 Å². The van der Waals surface area contributed by atoms with E-state index in [0.29, 0.717) is 0 Å². The minimum atomic E-state index is -4.76. The second-order valence-electron chi connectivity index (χ2n) is 9.33. The van der Waals surface area contributed by atoms with E-state index in [-0.39, 0.29) is 39.8 Å². The molecule has 0 aliphatic carbocycles. The summed E-state index contributed by atoms with van der Waals surface area (Å²) in [6, 6.07) is -3.37. The number of β-lactam (4-membered cyclic amide) rings is 2. The number of carboxylic acid groups (broad SMARTS) is 2. The molecule has 1 aromatic rings. The Hall–Kier alpha value is -4.34. The van der Waals surface area contributed by atoms with Gasteiger partial charge in [0.25, 0.3) is 11.8 Å². The highest BCUT2D eigenvalue weighted by Crippen LogP contribution is 2.36. The highest BCUT2D eigenvalue weighted by atomic mass is 32.2. The molecule has 4 rings (SSSR count). The van der Waals surface area contributed by atoms with E-state index in [0.717, 1.165) is 11.3 Å². The van der Waals surface area contributed by atoms with Gasteiger partial charge >= 0.3 is 22.2 Å². The first kappa shape index (κ1) is 32.2. The average molecular weight is 635 g/mol. The number of anilines is 1. The van der Waals surface area contributed by atoms with E-state index in [1.165, 1.54) is 37.1 Å². The second kappa shape index (κ2) is 11.9. The van der Waals surface area contributed by atoms with E-state index in [2.05, 4.69) is 15.5 Å². The van der Waals surface area contributed by atoms with Crippen LogP contribution in [0, 0.1) is 0 Å². The van der Waals surface area contributed by atoms with Crippen molar-refractivity contribution < 1.29 is 61.8 Å². The van der Waals surface area contributed by atoms with Gasteiger partial charge in [-0.05, 0) is 26.8 Å². The molecule has 19 nitrogen and oxygen atoms in total. The van der Waals surface area contributed by atoms with Gasteiger partial charge < -0.3 is 35.9 Å². The maximum atomic E-state index is 12.6. The number of nitrogens with two attached hydrogens (primary N) is 1. The van der Waals surface area contributed by atoms with Gasteiger partial charge in [-0.25, -0.2) is 18.9 Å². The number of aromatic nitrogens is 1. The van der Waals surface area contributed by atoms with Gasteiger partial charge in [0.2, 0.25) is 11.5 Å². The van der Waals surface area contributed by atoms with Gasteiger partial charge in [-0.15, -0.1) is 11.3 Å². The van der Waals surface area contributed by atoms with Crippen molar-refractivity contribution in [3.8, 4) is 0 Å². The van der Waals surface area contributed by atoms with Crippen LogP contribution in [0.4, 0.5) is 5.13 Å². The number of amides is 3. The lowest BCUT2D eigenvalue weighted by molar-refractivity contribution is -0.163. The fourth-order valence-corrected chi connectivity index (χ4v) is 5.20. The number of hydrogen-bond acceptors (Lipinski definition) is 14. The zero-order chi connectivity index (χ0) is 31.7. The summed E-state index contributed by atoms with van der Waals surface area (Å²) in [5.74, 6) is -4.60. The normalized spacial score (nSPS) is 24.5. The van der Waals surface area contributed by atoms with Crippen LogP contribution in [0.25, 0.3) is 0 Å². The number of nitrogens with zero attached hydrogens (tertiary/aromatic N) is 4. The van der Waals surface area contributed by atoms with Gasteiger partial charge in [0.1, 0.15) is 17.5 Å². The summed E-state index contributed by atoms with van der Waals surface area (Å²) < 4.78 is 36.6. The Balaban J connectivity index is 0.000000287. The third-order valence-electron chi connectivity index (χ3n) is 6.02. The van der Waals surface area contributed by atoms with Crippen LogP contribution < -0.4 is 11.1 Å². The molecule has 3 aliphatic rings. The SMILES string of the molecule is C[C@H]1[C@H](NC(=O)/C(=N\OC(C)(C)C(=O)O)c2csc(N)n2)C(=O)N1S(=O)(=O)O.O=C(O)[C@H]1/C(=C/CO)O[C@@H]2CC(=O)N21. The summed E-state index contributed by atoms with van der Waals surface area (Å²) in [5.41, 5.74) is 3.26. The molecule has 3 aliphatic heterocycles. The topological polar surface area (TPSA) is 289 Å². The van der Waals surface area contributed by atoms with Crippen LogP contribution in [0.5, 0.6) is 0 Å². The van der Waals surface area contributed by atoms with Gasteiger partial charge in [0.15, 0.2) is 23.1 Å². The molecule has 3 fully saturated rings. The molecular weight excluding hydrogens is 608 g/mol. The molecular formula is C21H26N6O13S2. The Morgan fingerprint density at radius 2 is 1.98 bits per heavy atom. The number of fused-ring (bicyclic) bond motifs is 1. The first-order valence-corrected chi connectivity index (χ1v) is 14.0. The molecule has 0 aromatic carbocycles. The van der Waals surface area contributed by atoms with Gasteiger partial charge in [-0.2, -0.15) is 8.42 Å². The van der Waals surface area contributed by atoms with Gasteiger partial charge in [0.05, 0.1) is 19.1 Å². The number of aliphatic hydroxyl groups excluding tert-OH is 1. The summed E-state index contributed by atoms with van der Waals surface area (Å²) in [6.07, 6.45) is 1.03. The third-order valence-corrected chi connectivity index (χ3v) is 7.71. The molecule has 0 unspecified atom stereocenters. The number of rotatable bonds is 9. The number of thiazole rings is 1. The van der Waals surface area contributed by atoms with Crippen molar-refractivity contribution in [2.24, 2.45) is 5.16 Å². The molecule has 7 N–H and O–H groups in total. The smallest absolute Gasteiger partial charge is 0.362 e. The number of ether oxygens (including phenoxy) is 1. The summed E-state index contributed by atoms with van der Waals surface area (Å²) >= 11 is 0.980. The molecule has 42 heavy (non-hydrogen) atoms. The molecule has 230 valence electrons. The number of aliphatic carboxylic acids is 2. The van der Waals surface area contributed by atoms with Crippen LogP contribution in [0.15, 0.2) is 22.4 Å². The number of nitrogen functional groups attached to an aromatic ring is 1. The molecule has 0 saturated carbocycles. The predicted molar refractivity (Wildman–Crippen MR) is 139 cm³/mol. The molecule has 4 heterocycles. The molecule has 3 saturated heterocycles. The number of carboxylic acids is 2. The van der Waals surface area contributed by atoms with E-state index in [9.17, 15) is 32.4 Å². The number of carbonyl (C=O) groups excluding carboxylic acids is 3. The van der Waals surface area contributed by atoms with E-state index < -0.39 is 69.7 Å². The highest BCUT2D eigenvalue weighted by molar-refractivity contribution is 7.84. The van der Waals surface area contributed by atoms with Crippen molar-refractivity contribution >= 4 is 62.1 Å².